The molecule has 3 nitrogen and oxygen atoms in total. The van der Waals surface area contributed by atoms with Crippen LogP contribution >= 0.6 is 0 Å². The molecule has 2 aliphatic rings. The Balaban J connectivity index is 1.37. The van der Waals surface area contributed by atoms with Crippen molar-refractivity contribution >= 4 is 11.2 Å². The lowest BCUT2D eigenvalue weighted by atomic mass is 9.79. The number of hydrogen-bond acceptors (Lipinski definition) is 2. The molecule has 146 valence electrons. The van der Waals surface area contributed by atoms with Gasteiger partial charge in [0.05, 0.1) is 18.0 Å². The van der Waals surface area contributed by atoms with Gasteiger partial charge in [0.15, 0.2) is 11.6 Å². The van der Waals surface area contributed by atoms with E-state index in [4.69, 9.17) is 0 Å². The van der Waals surface area contributed by atoms with E-state index < -0.39 is 11.6 Å². The van der Waals surface area contributed by atoms with Gasteiger partial charge in [-0.15, -0.1) is 0 Å². The van der Waals surface area contributed by atoms with Crippen LogP contribution in [-0.2, 0) is 0 Å². The predicted molar refractivity (Wildman–Crippen MR) is 107 cm³/mol. The Morgan fingerprint density at radius 1 is 1.04 bits per heavy atom. The Labute approximate surface area is 164 Å². The average molecular weight is 381 g/mol. The molecule has 2 aromatic heterocycles. The number of pyridine rings is 1. The van der Waals surface area contributed by atoms with Gasteiger partial charge in [0, 0.05) is 31.0 Å². The molecule has 0 amide bonds. The molecule has 0 N–H and O–H groups in total. The molecule has 1 aliphatic heterocycles. The third-order valence-electron chi connectivity index (χ3n) is 6.66. The van der Waals surface area contributed by atoms with Crippen molar-refractivity contribution in [2.75, 3.05) is 18.0 Å². The van der Waals surface area contributed by atoms with E-state index in [1.165, 1.54) is 41.6 Å². The van der Waals surface area contributed by atoms with Crippen molar-refractivity contribution in [1.29, 1.82) is 0 Å². The minimum absolute atomic E-state index is 0.461. The Kier molecular flexibility index (Phi) is 4.33. The van der Waals surface area contributed by atoms with Crippen molar-refractivity contribution in [1.82, 2.24) is 9.38 Å². The zero-order chi connectivity index (χ0) is 19.3. The number of rotatable bonds is 4. The number of anilines is 1. The molecular formula is C23H25F2N3. The molecule has 1 unspecified atom stereocenters. The smallest absolute Gasteiger partial charge is 0.160 e. The number of hydrogen-bond donors (Lipinski definition) is 0. The summed E-state index contributed by atoms with van der Waals surface area (Å²) < 4.78 is 29.0. The minimum Gasteiger partial charge on any atom is -0.371 e. The van der Waals surface area contributed by atoms with Crippen LogP contribution in [0.3, 0.4) is 0 Å². The van der Waals surface area contributed by atoms with Crippen molar-refractivity contribution in [3.63, 3.8) is 0 Å². The van der Waals surface area contributed by atoms with Crippen molar-refractivity contribution in [3.8, 4) is 0 Å². The van der Waals surface area contributed by atoms with Crippen molar-refractivity contribution in [2.45, 2.75) is 44.4 Å². The van der Waals surface area contributed by atoms with E-state index in [9.17, 15) is 8.78 Å². The van der Waals surface area contributed by atoms with Crippen LogP contribution < -0.4 is 4.90 Å². The molecule has 0 radical (unpaired) electrons. The second-order valence-electron chi connectivity index (χ2n) is 8.36. The summed E-state index contributed by atoms with van der Waals surface area (Å²) in [6.07, 6.45) is 10.7. The summed E-state index contributed by atoms with van der Waals surface area (Å²) in [4.78, 5) is 6.54. The van der Waals surface area contributed by atoms with Crippen molar-refractivity contribution in [3.05, 3.63) is 65.7 Å². The molecule has 0 spiro atoms. The quantitative estimate of drug-likeness (QED) is 0.594. The highest BCUT2D eigenvalue weighted by Gasteiger charge is 2.32. The fourth-order valence-electron chi connectivity index (χ4n) is 4.85. The number of benzene rings is 1. The summed E-state index contributed by atoms with van der Waals surface area (Å²) >= 11 is 0. The highest BCUT2D eigenvalue weighted by Crippen LogP contribution is 2.46. The largest absolute Gasteiger partial charge is 0.371 e. The molecule has 28 heavy (non-hydrogen) atoms. The maximum Gasteiger partial charge on any atom is 0.160 e. The highest BCUT2D eigenvalue weighted by molar-refractivity contribution is 5.60. The summed E-state index contributed by atoms with van der Waals surface area (Å²) in [6, 6.07) is 6.51. The normalized spacial score (nSPS) is 19.3. The molecule has 5 heteroatoms. The van der Waals surface area contributed by atoms with E-state index in [0.717, 1.165) is 31.6 Å². The molecule has 1 aromatic carbocycles. The monoisotopic (exact) mass is 381 g/mol. The van der Waals surface area contributed by atoms with Gasteiger partial charge >= 0.3 is 0 Å². The second-order valence-corrected chi connectivity index (χ2v) is 8.36. The van der Waals surface area contributed by atoms with Crippen LogP contribution in [0.15, 0.2) is 43.0 Å². The molecule has 1 saturated heterocycles. The van der Waals surface area contributed by atoms with E-state index in [1.807, 2.05) is 12.5 Å². The van der Waals surface area contributed by atoms with Gasteiger partial charge in [-0.2, -0.15) is 0 Å². The molecule has 3 heterocycles. The van der Waals surface area contributed by atoms with Crippen LogP contribution in [0, 0.1) is 17.6 Å². The lowest BCUT2D eigenvalue weighted by Gasteiger charge is -2.37. The number of nitrogens with zero attached hydrogens (tertiary/aromatic N) is 3. The predicted octanol–water partition coefficient (Wildman–Crippen LogP) is 5.51. The third-order valence-corrected chi connectivity index (χ3v) is 6.66. The summed E-state index contributed by atoms with van der Waals surface area (Å²) in [5.41, 5.74) is 4.99. The Morgan fingerprint density at radius 3 is 2.54 bits per heavy atom. The van der Waals surface area contributed by atoms with E-state index in [2.05, 4.69) is 33.5 Å². The zero-order valence-corrected chi connectivity index (χ0v) is 16.1. The molecule has 1 aliphatic carbocycles. The second kappa shape index (κ2) is 6.87. The first-order valence-electron chi connectivity index (χ1n) is 10.3. The number of piperidine rings is 1. The third kappa shape index (κ3) is 3.07. The summed E-state index contributed by atoms with van der Waals surface area (Å²) in [5, 5.41) is 0. The Bertz CT molecular complexity index is 1000. The van der Waals surface area contributed by atoms with Crippen LogP contribution in [0.1, 0.15) is 55.6 Å². The van der Waals surface area contributed by atoms with Crippen LogP contribution in [0.2, 0.25) is 0 Å². The van der Waals surface area contributed by atoms with E-state index in [-0.39, 0.29) is 0 Å². The minimum atomic E-state index is -0.784. The topological polar surface area (TPSA) is 20.5 Å². The lowest BCUT2D eigenvalue weighted by Crippen LogP contribution is -2.35. The van der Waals surface area contributed by atoms with Gasteiger partial charge in [0.2, 0.25) is 0 Å². The van der Waals surface area contributed by atoms with Crippen molar-refractivity contribution in [2.24, 2.45) is 5.92 Å². The Hall–Kier alpha value is -2.43. The maximum absolute atomic E-state index is 13.6. The molecule has 3 aromatic rings. The summed E-state index contributed by atoms with van der Waals surface area (Å²) in [5.74, 6) is 0.200. The number of aromatic nitrogens is 2. The first kappa shape index (κ1) is 17.7. The van der Waals surface area contributed by atoms with E-state index >= 15 is 0 Å². The first-order valence-corrected chi connectivity index (χ1v) is 10.3. The molecule has 0 bridgehead atoms. The molecule has 1 atom stereocenters. The number of fused-ring (bicyclic) bond motifs is 1. The van der Waals surface area contributed by atoms with Gasteiger partial charge in [-0.05, 0) is 72.8 Å². The summed E-state index contributed by atoms with van der Waals surface area (Å²) in [6.45, 7) is 4.11. The number of halogens is 2. The van der Waals surface area contributed by atoms with Gasteiger partial charge in [0.25, 0.3) is 0 Å². The number of imidazole rings is 1. The van der Waals surface area contributed by atoms with Crippen LogP contribution in [0.5, 0.6) is 0 Å². The Morgan fingerprint density at radius 2 is 1.82 bits per heavy atom. The van der Waals surface area contributed by atoms with Crippen LogP contribution in [-0.4, -0.2) is 22.5 Å². The van der Waals surface area contributed by atoms with Gasteiger partial charge in [-0.25, -0.2) is 13.8 Å². The van der Waals surface area contributed by atoms with E-state index in [0.29, 0.717) is 17.8 Å². The van der Waals surface area contributed by atoms with Gasteiger partial charge < -0.3 is 9.30 Å². The van der Waals surface area contributed by atoms with Gasteiger partial charge in [0.1, 0.15) is 0 Å². The summed E-state index contributed by atoms with van der Waals surface area (Å²) in [7, 11) is 0. The van der Waals surface area contributed by atoms with Crippen LogP contribution in [0.4, 0.5) is 14.5 Å². The lowest BCUT2D eigenvalue weighted by molar-refractivity contribution is 0.354. The fourth-order valence-corrected chi connectivity index (χ4v) is 4.85. The van der Waals surface area contributed by atoms with E-state index in [1.54, 1.807) is 6.07 Å². The molecular weight excluding hydrogens is 356 g/mol. The standard InChI is InChI=1S/C23H25F2N3/c1-15(23-19(17-2-3-17)8-11-28-14-26-13-22(23)28)16-6-9-27(10-7-16)18-4-5-20(24)21(25)12-18/h4-5,8,11-17H,2-3,6-7,9-10H2,1H3. The van der Waals surface area contributed by atoms with Crippen LogP contribution in [0.25, 0.3) is 5.52 Å². The molecule has 2 fully saturated rings. The zero-order valence-electron chi connectivity index (χ0n) is 16.1. The van der Waals surface area contributed by atoms with Gasteiger partial charge in [-0.3, -0.25) is 0 Å². The van der Waals surface area contributed by atoms with Crippen molar-refractivity contribution < 1.29 is 8.78 Å². The molecule has 5 rings (SSSR count). The van der Waals surface area contributed by atoms with Gasteiger partial charge in [-0.1, -0.05) is 6.92 Å². The average Bonchev–Trinajstić information content (AvgIpc) is 3.45. The first-order chi connectivity index (χ1) is 13.6. The molecule has 1 saturated carbocycles. The maximum atomic E-state index is 13.6. The SMILES string of the molecule is CC(c1c(C2CC2)ccn2cncc12)C1CCN(c2ccc(F)c(F)c2)CC1. The fraction of sp³-hybridized carbons (Fsp3) is 0.435. The highest BCUT2D eigenvalue weighted by atomic mass is 19.2.